The van der Waals surface area contributed by atoms with Crippen molar-refractivity contribution in [3.8, 4) is 0 Å². The Bertz CT molecular complexity index is 534. The third-order valence-corrected chi connectivity index (χ3v) is 5.85. The number of nitrogens with one attached hydrogen (secondary N) is 2. The van der Waals surface area contributed by atoms with Gasteiger partial charge in [-0.25, -0.2) is 4.68 Å². The van der Waals surface area contributed by atoms with Crippen LogP contribution in [0.2, 0.25) is 0 Å². The van der Waals surface area contributed by atoms with Gasteiger partial charge in [0.05, 0.1) is 0 Å². The molecule has 28 heavy (non-hydrogen) atoms. The first-order valence-electron chi connectivity index (χ1n) is 11.1. The summed E-state index contributed by atoms with van der Waals surface area (Å²) in [7, 11) is 0. The number of rotatable bonds is 8. The van der Waals surface area contributed by atoms with Crippen LogP contribution in [-0.2, 0) is 12.8 Å². The van der Waals surface area contributed by atoms with Gasteiger partial charge in [-0.3, -0.25) is 0 Å². The molecule has 2 saturated heterocycles. The predicted molar refractivity (Wildman–Crippen MR) is 114 cm³/mol. The summed E-state index contributed by atoms with van der Waals surface area (Å²) < 4.78 is 1.73. The van der Waals surface area contributed by atoms with Crippen LogP contribution in [0.25, 0.3) is 0 Å². The number of hydrogen-bond donors (Lipinski definition) is 3. The number of aryl methyl sites for hydroxylation is 2. The average molecular weight is 393 g/mol. The van der Waals surface area contributed by atoms with Crippen molar-refractivity contribution >= 4 is 0 Å². The Balaban J connectivity index is 1.38. The van der Waals surface area contributed by atoms with Crippen molar-refractivity contribution in [3.63, 3.8) is 0 Å². The topological polar surface area (TPSA) is 87.3 Å². The van der Waals surface area contributed by atoms with Crippen molar-refractivity contribution in [1.82, 2.24) is 35.3 Å². The van der Waals surface area contributed by atoms with Gasteiger partial charge < -0.3 is 26.3 Å². The number of nitrogens with two attached hydrogens (primary N) is 1. The zero-order chi connectivity index (χ0) is 20.1. The molecule has 8 nitrogen and oxygen atoms in total. The van der Waals surface area contributed by atoms with Crippen molar-refractivity contribution < 1.29 is 0 Å². The second-order valence-corrected chi connectivity index (χ2v) is 9.07. The van der Waals surface area contributed by atoms with Gasteiger partial charge in [-0.05, 0) is 53.6 Å². The minimum absolute atomic E-state index is 0.565. The van der Waals surface area contributed by atoms with Crippen molar-refractivity contribution in [3.05, 3.63) is 11.6 Å². The van der Waals surface area contributed by atoms with Crippen molar-refractivity contribution in [2.75, 3.05) is 45.1 Å². The molecule has 3 heterocycles. The molecule has 0 unspecified atom stereocenters. The lowest BCUT2D eigenvalue weighted by Crippen LogP contribution is -2.54. The Hall–Kier alpha value is -1.22. The monoisotopic (exact) mass is 392 g/mol. The fourth-order valence-corrected chi connectivity index (χ4v) is 4.87. The average Bonchev–Trinajstić information content (AvgIpc) is 2.94. The zero-order valence-corrected chi connectivity index (χ0v) is 18.2. The minimum Gasteiger partial charge on any atom is -0.336 e. The first kappa shape index (κ1) is 21.5. The van der Waals surface area contributed by atoms with Crippen LogP contribution in [0, 0.1) is 0 Å². The SMILES string of the molecule is C[C@@H]1CN(CCCc2nnc(CCCN3C[C@H](C)N[C@@H](C)C3)n2N)C[C@@H](C)N1. The lowest BCUT2D eigenvalue weighted by molar-refractivity contribution is 0.171. The highest BCUT2D eigenvalue weighted by Gasteiger charge is 2.22. The molecular weight excluding hydrogens is 352 g/mol. The van der Waals surface area contributed by atoms with Crippen molar-refractivity contribution in [1.29, 1.82) is 0 Å². The molecule has 0 spiro atoms. The molecule has 1 aromatic heterocycles. The standard InChI is InChI=1S/C20H40N8/c1-15-11-26(12-16(2)22-15)9-5-7-19-24-25-20(28(19)21)8-6-10-27-13-17(3)23-18(4)14-27/h15-18,22-23H,5-14,21H2,1-4H3/t15-,16-,17+,18+. The molecule has 0 aromatic carbocycles. The lowest BCUT2D eigenvalue weighted by Gasteiger charge is -2.36. The van der Waals surface area contributed by atoms with E-state index in [2.05, 4.69) is 58.3 Å². The van der Waals surface area contributed by atoms with Gasteiger partial charge in [-0.15, -0.1) is 10.2 Å². The highest BCUT2D eigenvalue weighted by Crippen LogP contribution is 2.09. The smallest absolute Gasteiger partial charge is 0.151 e. The molecule has 0 saturated carbocycles. The van der Waals surface area contributed by atoms with Gasteiger partial charge in [0.2, 0.25) is 0 Å². The van der Waals surface area contributed by atoms with Crippen molar-refractivity contribution in [2.45, 2.75) is 77.5 Å². The Labute approximate surface area is 170 Å². The van der Waals surface area contributed by atoms with Gasteiger partial charge in [0.15, 0.2) is 11.6 Å². The van der Waals surface area contributed by atoms with Crippen LogP contribution in [0.4, 0.5) is 0 Å². The quantitative estimate of drug-likeness (QED) is 0.546. The van der Waals surface area contributed by atoms with Crippen LogP contribution in [-0.4, -0.2) is 88.1 Å². The van der Waals surface area contributed by atoms with Gasteiger partial charge in [0, 0.05) is 63.2 Å². The Kier molecular flexibility index (Phi) is 7.68. The number of hydrogen-bond acceptors (Lipinski definition) is 7. The van der Waals surface area contributed by atoms with Gasteiger partial charge in [0.1, 0.15) is 0 Å². The molecule has 2 aliphatic heterocycles. The molecule has 160 valence electrons. The third kappa shape index (κ3) is 6.14. The van der Waals surface area contributed by atoms with E-state index in [9.17, 15) is 0 Å². The van der Waals surface area contributed by atoms with Gasteiger partial charge >= 0.3 is 0 Å². The highest BCUT2D eigenvalue weighted by molar-refractivity contribution is 4.97. The first-order valence-corrected chi connectivity index (χ1v) is 11.1. The van der Waals surface area contributed by atoms with E-state index >= 15 is 0 Å². The van der Waals surface area contributed by atoms with E-state index in [1.807, 2.05) is 0 Å². The summed E-state index contributed by atoms with van der Waals surface area (Å²) in [6.07, 6.45) is 3.93. The molecule has 2 fully saturated rings. The maximum absolute atomic E-state index is 6.27. The minimum atomic E-state index is 0.565. The van der Waals surface area contributed by atoms with Crippen LogP contribution in [0.1, 0.15) is 52.2 Å². The van der Waals surface area contributed by atoms with Crippen LogP contribution in [0.15, 0.2) is 0 Å². The molecule has 3 rings (SSSR count). The normalized spacial score (nSPS) is 30.0. The number of aromatic nitrogens is 3. The second-order valence-electron chi connectivity index (χ2n) is 9.07. The molecule has 0 bridgehead atoms. The van der Waals surface area contributed by atoms with E-state index in [4.69, 9.17) is 5.84 Å². The molecule has 4 atom stereocenters. The van der Waals surface area contributed by atoms with Crippen LogP contribution >= 0.6 is 0 Å². The molecule has 4 N–H and O–H groups in total. The summed E-state index contributed by atoms with van der Waals surface area (Å²) in [6, 6.07) is 2.26. The zero-order valence-electron chi connectivity index (χ0n) is 18.2. The number of nitrogen functional groups attached to an aromatic ring is 1. The predicted octanol–water partition coefficient (Wildman–Crippen LogP) is 0.222. The molecule has 8 heteroatoms. The van der Waals surface area contributed by atoms with Gasteiger partial charge in [-0.2, -0.15) is 0 Å². The van der Waals surface area contributed by atoms with Crippen LogP contribution in [0.3, 0.4) is 0 Å². The summed E-state index contributed by atoms with van der Waals surface area (Å²) in [6.45, 7) is 15.7. The van der Waals surface area contributed by atoms with Crippen molar-refractivity contribution in [2.24, 2.45) is 0 Å². The summed E-state index contributed by atoms with van der Waals surface area (Å²) in [5.41, 5.74) is 0. The van der Waals surface area contributed by atoms with E-state index in [1.165, 1.54) is 0 Å². The molecule has 0 aliphatic carbocycles. The molecular formula is C20H40N8. The maximum atomic E-state index is 6.27. The largest absolute Gasteiger partial charge is 0.336 e. The van der Waals surface area contributed by atoms with Gasteiger partial charge in [0.25, 0.3) is 0 Å². The van der Waals surface area contributed by atoms with E-state index in [-0.39, 0.29) is 0 Å². The Morgan fingerprint density at radius 1 is 0.750 bits per heavy atom. The maximum Gasteiger partial charge on any atom is 0.151 e. The Morgan fingerprint density at radius 2 is 1.11 bits per heavy atom. The highest BCUT2D eigenvalue weighted by atomic mass is 15.4. The van der Waals surface area contributed by atoms with E-state index < -0.39 is 0 Å². The summed E-state index contributed by atoms with van der Waals surface area (Å²) in [5.74, 6) is 8.10. The molecule has 0 amide bonds. The summed E-state index contributed by atoms with van der Waals surface area (Å²) in [5, 5.41) is 15.9. The summed E-state index contributed by atoms with van der Waals surface area (Å²) >= 11 is 0. The molecule has 1 aromatic rings. The number of piperazine rings is 2. The van der Waals surface area contributed by atoms with Crippen LogP contribution < -0.4 is 16.5 Å². The molecule has 0 radical (unpaired) electrons. The van der Waals surface area contributed by atoms with E-state index in [1.54, 1.807) is 4.68 Å². The van der Waals surface area contributed by atoms with E-state index in [0.29, 0.717) is 24.2 Å². The fraction of sp³-hybridized carbons (Fsp3) is 0.900. The summed E-state index contributed by atoms with van der Waals surface area (Å²) in [4.78, 5) is 5.08. The first-order chi connectivity index (χ1) is 13.4. The lowest BCUT2D eigenvalue weighted by atomic mass is 10.1. The molecule has 2 aliphatic rings. The third-order valence-electron chi connectivity index (χ3n) is 5.85. The Morgan fingerprint density at radius 3 is 1.46 bits per heavy atom. The van der Waals surface area contributed by atoms with E-state index in [0.717, 1.165) is 76.6 Å². The van der Waals surface area contributed by atoms with Crippen LogP contribution in [0.5, 0.6) is 0 Å². The second kappa shape index (κ2) is 10.0. The number of nitrogens with zero attached hydrogens (tertiary/aromatic N) is 5. The van der Waals surface area contributed by atoms with Gasteiger partial charge in [-0.1, -0.05) is 0 Å². The fourth-order valence-electron chi connectivity index (χ4n) is 4.87.